The summed E-state index contributed by atoms with van der Waals surface area (Å²) >= 11 is 0. The molecule has 1 saturated heterocycles. The van der Waals surface area contributed by atoms with Gasteiger partial charge in [0.15, 0.2) is 17.5 Å². The molecule has 4 N–H and O–H groups in total. The molecule has 1 aromatic heterocycles. The van der Waals surface area contributed by atoms with Gasteiger partial charge in [0, 0.05) is 50.9 Å². The highest BCUT2D eigenvalue weighted by Gasteiger charge is 2.25. The molecule has 0 atom stereocenters. The Kier molecular flexibility index (Phi) is 6.94. The molecule has 1 fully saturated rings. The number of hydrogen-bond donors (Lipinski definition) is 3. The van der Waals surface area contributed by atoms with Gasteiger partial charge in [-0.25, -0.2) is 4.98 Å². The van der Waals surface area contributed by atoms with Crippen molar-refractivity contribution in [1.82, 2.24) is 15.6 Å². The summed E-state index contributed by atoms with van der Waals surface area (Å²) in [5.41, 5.74) is 7.72. The van der Waals surface area contributed by atoms with E-state index in [0.29, 0.717) is 6.54 Å². The number of aromatic nitrogens is 1. The van der Waals surface area contributed by atoms with Crippen LogP contribution in [-0.4, -0.2) is 50.3 Å². The Labute approximate surface area is 188 Å². The zero-order valence-electron chi connectivity index (χ0n) is 18.3. The number of nitrogens with one attached hydrogen (secondary N) is 2. The zero-order valence-corrected chi connectivity index (χ0v) is 18.3. The Morgan fingerprint density at radius 3 is 2.81 bits per heavy atom. The van der Waals surface area contributed by atoms with E-state index in [-0.39, 0.29) is 18.6 Å². The number of piperidine rings is 1. The van der Waals surface area contributed by atoms with E-state index in [1.165, 1.54) is 5.56 Å². The zero-order chi connectivity index (χ0) is 22.3. The minimum absolute atomic E-state index is 0.0377. The predicted molar refractivity (Wildman–Crippen MR) is 123 cm³/mol. The van der Waals surface area contributed by atoms with Crippen LogP contribution in [0, 0.1) is 5.92 Å². The lowest BCUT2D eigenvalue weighted by molar-refractivity contribution is -0.122. The first-order valence-corrected chi connectivity index (χ1v) is 10.9. The fourth-order valence-corrected chi connectivity index (χ4v) is 4.05. The number of ether oxygens (including phenoxy) is 2. The number of pyridine rings is 1. The number of primary amides is 1. The van der Waals surface area contributed by atoms with E-state index >= 15 is 0 Å². The fourth-order valence-electron chi connectivity index (χ4n) is 4.05. The SMILES string of the molecule is CN=C(NCCc1ccc2c(c1)OCO2)NCc1cccnc1N1CCC(C(N)=O)CC1. The fraction of sp³-hybridized carbons (Fsp3) is 0.435. The van der Waals surface area contributed by atoms with Crippen molar-refractivity contribution in [2.75, 3.05) is 38.4 Å². The van der Waals surface area contributed by atoms with Crippen molar-refractivity contribution in [3.05, 3.63) is 47.7 Å². The van der Waals surface area contributed by atoms with Crippen molar-refractivity contribution in [2.24, 2.45) is 16.6 Å². The predicted octanol–water partition coefficient (Wildman–Crippen LogP) is 1.42. The van der Waals surface area contributed by atoms with Crippen molar-refractivity contribution in [3.63, 3.8) is 0 Å². The molecule has 0 spiro atoms. The highest BCUT2D eigenvalue weighted by molar-refractivity contribution is 5.79. The van der Waals surface area contributed by atoms with Crippen molar-refractivity contribution in [3.8, 4) is 11.5 Å². The molecule has 2 aromatic rings. The van der Waals surface area contributed by atoms with Gasteiger partial charge in [0.2, 0.25) is 12.7 Å². The average molecular weight is 439 g/mol. The molecule has 1 aromatic carbocycles. The minimum Gasteiger partial charge on any atom is -0.454 e. The molecule has 9 nitrogen and oxygen atoms in total. The van der Waals surface area contributed by atoms with Crippen LogP contribution in [0.3, 0.4) is 0 Å². The van der Waals surface area contributed by atoms with Gasteiger partial charge in [-0.1, -0.05) is 12.1 Å². The molecule has 2 aliphatic heterocycles. The molecule has 0 radical (unpaired) electrons. The number of guanidine groups is 1. The summed E-state index contributed by atoms with van der Waals surface area (Å²) in [4.78, 5) is 22.6. The second-order valence-corrected chi connectivity index (χ2v) is 7.94. The largest absolute Gasteiger partial charge is 0.454 e. The quantitative estimate of drug-likeness (QED) is 0.442. The number of fused-ring (bicyclic) bond motifs is 1. The first-order valence-electron chi connectivity index (χ1n) is 10.9. The molecule has 0 aliphatic carbocycles. The Bertz CT molecular complexity index is 972. The molecule has 0 saturated carbocycles. The number of aliphatic imine (C=N–C) groups is 1. The third-order valence-corrected chi connectivity index (χ3v) is 5.88. The lowest BCUT2D eigenvalue weighted by Crippen LogP contribution is -2.40. The lowest BCUT2D eigenvalue weighted by atomic mass is 9.96. The van der Waals surface area contributed by atoms with Gasteiger partial charge in [0.1, 0.15) is 5.82 Å². The molecule has 170 valence electrons. The van der Waals surface area contributed by atoms with Crippen LogP contribution in [0.1, 0.15) is 24.0 Å². The van der Waals surface area contributed by atoms with E-state index in [0.717, 1.165) is 67.7 Å². The van der Waals surface area contributed by atoms with Crippen LogP contribution in [0.2, 0.25) is 0 Å². The summed E-state index contributed by atoms with van der Waals surface area (Å²) < 4.78 is 10.8. The first kappa shape index (κ1) is 21.7. The van der Waals surface area contributed by atoms with Gasteiger partial charge in [0.25, 0.3) is 0 Å². The lowest BCUT2D eigenvalue weighted by Gasteiger charge is -2.32. The summed E-state index contributed by atoms with van der Waals surface area (Å²) in [6, 6.07) is 10.0. The van der Waals surface area contributed by atoms with Crippen molar-refractivity contribution in [2.45, 2.75) is 25.8 Å². The van der Waals surface area contributed by atoms with Gasteiger partial charge in [0.05, 0.1) is 0 Å². The Morgan fingerprint density at radius 1 is 1.22 bits per heavy atom. The van der Waals surface area contributed by atoms with Crippen molar-refractivity contribution < 1.29 is 14.3 Å². The van der Waals surface area contributed by atoms with Crippen molar-refractivity contribution >= 4 is 17.7 Å². The van der Waals surface area contributed by atoms with Crippen LogP contribution in [0.4, 0.5) is 5.82 Å². The number of rotatable bonds is 7. The van der Waals surface area contributed by atoms with E-state index < -0.39 is 0 Å². The number of benzene rings is 1. The maximum atomic E-state index is 11.4. The van der Waals surface area contributed by atoms with Gasteiger partial charge in [-0.15, -0.1) is 0 Å². The molecular weight excluding hydrogens is 408 g/mol. The summed E-state index contributed by atoms with van der Waals surface area (Å²) in [5, 5.41) is 6.73. The highest BCUT2D eigenvalue weighted by atomic mass is 16.7. The number of anilines is 1. The van der Waals surface area contributed by atoms with Gasteiger partial charge in [-0.05, 0) is 43.0 Å². The number of amides is 1. The number of nitrogens with zero attached hydrogens (tertiary/aromatic N) is 3. The van der Waals surface area contributed by atoms with Crippen LogP contribution in [-0.2, 0) is 17.8 Å². The van der Waals surface area contributed by atoms with Crippen LogP contribution >= 0.6 is 0 Å². The second-order valence-electron chi connectivity index (χ2n) is 7.94. The molecule has 9 heteroatoms. The summed E-state index contributed by atoms with van der Waals surface area (Å²) in [5.74, 6) is 3.03. The monoisotopic (exact) mass is 438 g/mol. The van der Waals surface area contributed by atoms with Gasteiger partial charge >= 0.3 is 0 Å². The molecule has 0 unspecified atom stereocenters. The van der Waals surface area contributed by atoms with E-state index in [2.05, 4.69) is 37.6 Å². The Hall–Kier alpha value is -3.49. The normalized spacial score (nSPS) is 16.2. The summed E-state index contributed by atoms with van der Waals surface area (Å²) in [7, 11) is 1.76. The van der Waals surface area contributed by atoms with Crippen LogP contribution in [0.25, 0.3) is 0 Å². The van der Waals surface area contributed by atoms with E-state index in [9.17, 15) is 4.79 Å². The topological polar surface area (TPSA) is 114 Å². The molecular formula is C23H30N6O3. The van der Waals surface area contributed by atoms with E-state index in [4.69, 9.17) is 15.2 Å². The van der Waals surface area contributed by atoms with E-state index in [1.54, 1.807) is 13.2 Å². The summed E-state index contributed by atoms with van der Waals surface area (Å²) in [6.45, 7) is 3.18. The van der Waals surface area contributed by atoms with Crippen LogP contribution in [0.15, 0.2) is 41.5 Å². The number of carbonyl (C=O) groups excluding carboxylic acids is 1. The third-order valence-electron chi connectivity index (χ3n) is 5.88. The van der Waals surface area contributed by atoms with Crippen LogP contribution < -0.4 is 30.7 Å². The molecule has 0 bridgehead atoms. The minimum atomic E-state index is -0.205. The van der Waals surface area contributed by atoms with Gasteiger partial charge in [-0.2, -0.15) is 0 Å². The summed E-state index contributed by atoms with van der Waals surface area (Å²) in [6.07, 6.45) is 4.17. The third kappa shape index (κ3) is 5.22. The van der Waals surface area contributed by atoms with Crippen LogP contribution in [0.5, 0.6) is 11.5 Å². The smallest absolute Gasteiger partial charge is 0.231 e. The maximum Gasteiger partial charge on any atom is 0.231 e. The number of hydrogen-bond acceptors (Lipinski definition) is 6. The van der Waals surface area contributed by atoms with Gasteiger partial charge in [-0.3, -0.25) is 9.79 Å². The van der Waals surface area contributed by atoms with Gasteiger partial charge < -0.3 is 30.7 Å². The average Bonchev–Trinajstić information content (AvgIpc) is 3.29. The van der Waals surface area contributed by atoms with Crippen molar-refractivity contribution in [1.29, 1.82) is 0 Å². The number of nitrogens with two attached hydrogens (primary N) is 1. The molecule has 1 amide bonds. The molecule has 3 heterocycles. The molecule has 32 heavy (non-hydrogen) atoms. The Balaban J connectivity index is 1.28. The Morgan fingerprint density at radius 2 is 2.03 bits per heavy atom. The highest BCUT2D eigenvalue weighted by Crippen LogP contribution is 2.32. The standard InChI is InChI=1S/C23H30N6O3/c1-25-23(27-10-6-16-4-5-19-20(13-16)32-15-31-19)28-14-18-3-2-9-26-22(18)29-11-7-17(8-12-29)21(24)30/h2-5,9,13,17H,6-8,10-12,14-15H2,1H3,(H2,24,30)(H2,25,27,28). The maximum absolute atomic E-state index is 11.4. The molecule has 4 rings (SSSR count). The second kappa shape index (κ2) is 10.2. The molecule has 2 aliphatic rings. The first-order chi connectivity index (χ1) is 15.6. The number of carbonyl (C=O) groups is 1. The van der Waals surface area contributed by atoms with E-state index in [1.807, 2.05) is 18.2 Å².